The smallest absolute Gasteiger partial charge is 0.258 e. The van der Waals surface area contributed by atoms with Gasteiger partial charge in [-0.25, -0.2) is 13.4 Å². The van der Waals surface area contributed by atoms with Crippen LogP contribution in [0.25, 0.3) is 10.9 Å². The van der Waals surface area contributed by atoms with Gasteiger partial charge in [0.25, 0.3) is 5.56 Å². The van der Waals surface area contributed by atoms with Gasteiger partial charge in [0.2, 0.25) is 10.0 Å². The number of nitrogens with one attached hydrogen (secondary N) is 1. The van der Waals surface area contributed by atoms with Gasteiger partial charge in [0.15, 0.2) is 0 Å². The van der Waals surface area contributed by atoms with E-state index < -0.39 is 10.0 Å². The summed E-state index contributed by atoms with van der Waals surface area (Å²) in [6.07, 6.45) is 2.01. The first-order valence-corrected chi connectivity index (χ1v) is 12.8. The molecule has 0 spiro atoms. The predicted molar refractivity (Wildman–Crippen MR) is 128 cm³/mol. The molecule has 8 nitrogen and oxygen atoms in total. The second-order valence-corrected chi connectivity index (χ2v) is 10.2. The zero-order chi connectivity index (χ0) is 23.4. The van der Waals surface area contributed by atoms with Gasteiger partial charge < -0.3 is 9.72 Å². The van der Waals surface area contributed by atoms with E-state index >= 15 is 0 Å². The Labute approximate surface area is 194 Å². The number of para-hydroxylation sites is 1. The summed E-state index contributed by atoms with van der Waals surface area (Å²) in [6.45, 7) is 6.55. The third-order valence-corrected chi connectivity index (χ3v) is 7.99. The molecule has 1 aromatic heterocycles. The molecule has 0 bridgehead atoms. The van der Waals surface area contributed by atoms with Crippen LogP contribution in [-0.2, 0) is 10.0 Å². The second-order valence-electron chi connectivity index (χ2n) is 8.26. The fourth-order valence-electron chi connectivity index (χ4n) is 4.00. The summed E-state index contributed by atoms with van der Waals surface area (Å²) >= 11 is 0. The van der Waals surface area contributed by atoms with Gasteiger partial charge in [-0.15, -0.1) is 0 Å². The predicted octanol–water partition coefficient (Wildman–Crippen LogP) is 3.17. The van der Waals surface area contributed by atoms with Gasteiger partial charge in [-0.05, 0) is 49.7 Å². The van der Waals surface area contributed by atoms with Gasteiger partial charge in [0, 0.05) is 26.2 Å². The molecule has 0 unspecified atom stereocenters. The molecule has 2 heterocycles. The fourth-order valence-corrected chi connectivity index (χ4v) is 5.42. The maximum atomic E-state index is 13.1. The lowest BCUT2D eigenvalue weighted by Gasteiger charge is -2.37. The maximum absolute atomic E-state index is 13.1. The van der Waals surface area contributed by atoms with Crippen LogP contribution in [0.5, 0.6) is 5.75 Å². The standard InChI is InChI=1S/C24H30N4O4S/c1-3-4-17-32-19-9-11-20(12-10-19)33(30,31)28-15-13-27(14-16-28)18(2)23-25-22-8-6-5-7-21(22)24(29)26-23/h5-12,18H,3-4,13-17H2,1-2H3,(H,25,26,29)/t18-/m1/s1. The first kappa shape index (κ1) is 23.4. The summed E-state index contributed by atoms with van der Waals surface area (Å²) in [6, 6.07) is 13.8. The Hall–Kier alpha value is -2.75. The summed E-state index contributed by atoms with van der Waals surface area (Å²) in [5.74, 6) is 1.27. The molecule has 0 radical (unpaired) electrons. The number of hydrogen-bond donors (Lipinski definition) is 1. The summed E-state index contributed by atoms with van der Waals surface area (Å²) in [4.78, 5) is 22.3. The molecule has 1 N–H and O–H groups in total. The van der Waals surface area contributed by atoms with E-state index in [9.17, 15) is 13.2 Å². The number of H-pyrrole nitrogens is 1. The molecule has 1 fully saturated rings. The molecular formula is C24H30N4O4S. The molecule has 2 aromatic carbocycles. The molecule has 1 aliphatic heterocycles. The van der Waals surface area contributed by atoms with Crippen molar-refractivity contribution in [1.29, 1.82) is 0 Å². The number of unbranched alkanes of at least 4 members (excludes halogenated alkanes) is 1. The molecule has 1 aliphatic rings. The Balaban J connectivity index is 1.41. The molecule has 3 aromatic rings. The molecule has 1 saturated heterocycles. The topological polar surface area (TPSA) is 95.6 Å². The highest BCUT2D eigenvalue weighted by Crippen LogP contribution is 2.24. The third kappa shape index (κ3) is 5.10. The van der Waals surface area contributed by atoms with Crippen molar-refractivity contribution in [3.8, 4) is 5.75 Å². The van der Waals surface area contributed by atoms with Crippen LogP contribution in [0.4, 0.5) is 0 Å². The van der Waals surface area contributed by atoms with E-state index in [2.05, 4.69) is 21.8 Å². The highest BCUT2D eigenvalue weighted by Gasteiger charge is 2.31. The lowest BCUT2D eigenvalue weighted by Crippen LogP contribution is -2.49. The van der Waals surface area contributed by atoms with Gasteiger partial charge >= 0.3 is 0 Å². The van der Waals surface area contributed by atoms with Gasteiger partial charge in [-0.3, -0.25) is 9.69 Å². The number of hydrogen-bond acceptors (Lipinski definition) is 6. The van der Waals surface area contributed by atoms with Crippen LogP contribution < -0.4 is 10.3 Å². The van der Waals surface area contributed by atoms with Crippen molar-refractivity contribution in [2.45, 2.75) is 37.6 Å². The Morgan fingerprint density at radius 1 is 1.06 bits per heavy atom. The van der Waals surface area contributed by atoms with E-state index in [1.54, 1.807) is 30.3 Å². The number of aromatic nitrogens is 2. The van der Waals surface area contributed by atoms with E-state index in [-0.39, 0.29) is 16.5 Å². The molecular weight excluding hydrogens is 440 g/mol. The Kier molecular flexibility index (Phi) is 7.11. The van der Waals surface area contributed by atoms with Crippen molar-refractivity contribution in [2.24, 2.45) is 0 Å². The van der Waals surface area contributed by atoms with Crippen LogP contribution in [0.3, 0.4) is 0 Å². The summed E-state index contributed by atoms with van der Waals surface area (Å²) in [5.41, 5.74) is 0.497. The number of aromatic amines is 1. The van der Waals surface area contributed by atoms with Crippen LogP contribution in [0, 0.1) is 0 Å². The number of ether oxygens (including phenoxy) is 1. The van der Waals surface area contributed by atoms with Crippen LogP contribution in [0.1, 0.15) is 38.6 Å². The molecule has 4 rings (SSSR count). The quantitative estimate of drug-likeness (QED) is 0.508. The van der Waals surface area contributed by atoms with Gasteiger partial charge in [-0.2, -0.15) is 4.31 Å². The zero-order valence-corrected chi connectivity index (χ0v) is 19.8. The average molecular weight is 471 g/mol. The lowest BCUT2D eigenvalue weighted by molar-refractivity contribution is 0.141. The van der Waals surface area contributed by atoms with Crippen molar-refractivity contribution in [1.82, 2.24) is 19.2 Å². The summed E-state index contributed by atoms with van der Waals surface area (Å²) in [7, 11) is -3.58. The lowest BCUT2D eigenvalue weighted by atomic mass is 10.2. The highest BCUT2D eigenvalue weighted by molar-refractivity contribution is 7.89. The number of benzene rings is 2. The van der Waals surface area contributed by atoms with Crippen LogP contribution in [0.15, 0.2) is 58.2 Å². The zero-order valence-electron chi connectivity index (χ0n) is 19.0. The number of rotatable bonds is 8. The van der Waals surface area contributed by atoms with Crippen LogP contribution in [-0.4, -0.2) is 60.4 Å². The monoisotopic (exact) mass is 470 g/mol. The Morgan fingerprint density at radius 3 is 2.45 bits per heavy atom. The second kappa shape index (κ2) is 10.0. The minimum Gasteiger partial charge on any atom is -0.494 e. The van der Waals surface area contributed by atoms with Gasteiger partial charge in [0.05, 0.1) is 28.4 Å². The summed E-state index contributed by atoms with van der Waals surface area (Å²) in [5, 5.41) is 0.561. The van der Waals surface area contributed by atoms with Gasteiger partial charge in [-0.1, -0.05) is 25.5 Å². The first-order valence-electron chi connectivity index (χ1n) is 11.4. The van der Waals surface area contributed by atoms with Crippen LogP contribution >= 0.6 is 0 Å². The molecule has 0 amide bonds. The van der Waals surface area contributed by atoms with E-state index in [0.717, 1.165) is 12.8 Å². The third-order valence-electron chi connectivity index (χ3n) is 6.08. The number of piperazine rings is 1. The minimum atomic E-state index is -3.58. The maximum Gasteiger partial charge on any atom is 0.258 e. The van der Waals surface area contributed by atoms with E-state index in [4.69, 9.17) is 4.74 Å². The first-order chi connectivity index (χ1) is 15.9. The van der Waals surface area contributed by atoms with Crippen molar-refractivity contribution < 1.29 is 13.2 Å². The van der Waals surface area contributed by atoms with E-state index in [1.165, 1.54) is 4.31 Å². The molecule has 0 saturated carbocycles. The van der Waals surface area contributed by atoms with Crippen molar-refractivity contribution in [2.75, 3.05) is 32.8 Å². The minimum absolute atomic E-state index is 0.133. The highest BCUT2D eigenvalue weighted by atomic mass is 32.2. The van der Waals surface area contributed by atoms with Crippen molar-refractivity contribution >= 4 is 20.9 Å². The van der Waals surface area contributed by atoms with Crippen molar-refractivity contribution in [3.63, 3.8) is 0 Å². The Morgan fingerprint density at radius 2 is 1.76 bits per heavy atom. The van der Waals surface area contributed by atoms with E-state index in [1.807, 2.05) is 25.1 Å². The Bertz CT molecular complexity index is 1250. The summed E-state index contributed by atoms with van der Waals surface area (Å²) < 4.78 is 33.4. The average Bonchev–Trinajstić information content (AvgIpc) is 2.84. The number of sulfonamides is 1. The largest absolute Gasteiger partial charge is 0.494 e. The number of nitrogens with zero attached hydrogens (tertiary/aromatic N) is 3. The molecule has 33 heavy (non-hydrogen) atoms. The normalized spacial score (nSPS) is 16.7. The molecule has 9 heteroatoms. The SMILES string of the molecule is CCCCOc1ccc(S(=O)(=O)N2CCN([C@H](C)c3nc4ccccc4c(=O)[nH]3)CC2)cc1. The van der Waals surface area contributed by atoms with Crippen LogP contribution in [0.2, 0.25) is 0 Å². The fraction of sp³-hybridized carbons (Fsp3) is 0.417. The molecule has 0 aliphatic carbocycles. The molecule has 1 atom stereocenters. The van der Waals surface area contributed by atoms with Crippen molar-refractivity contribution in [3.05, 3.63) is 64.7 Å². The van der Waals surface area contributed by atoms with E-state index in [0.29, 0.717) is 55.3 Å². The van der Waals surface area contributed by atoms with Gasteiger partial charge in [0.1, 0.15) is 11.6 Å². The molecule has 176 valence electrons. The number of fused-ring (bicyclic) bond motifs is 1.